The molecule has 1 atom stereocenters. The lowest BCUT2D eigenvalue weighted by atomic mass is 9.94. The minimum absolute atomic E-state index is 0.0198. The van der Waals surface area contributed by atoms with Gasteiger partial charge in [-0.25, -0.2) is 4.79 Å². The number of amides is 1. The molecule has 156 valence electrons. The summed E-state index contributed by atoms with van der Waals surface area (Å²) in [5.74, 6) is -1.79. The number of hydrogen-bond acceptors (Lipinski definition) is 6. The molecule has 1 saturated heterocycles. The molecule has 1 fully saturated rings. The van der Waals surface area contributed by atoms with Crippen molar-refractivity contribution in [2.24, 2.45) is 0 Å². The number of carbonyl (C=O) groups is 3. The highest BCUT2D eigenvalue weighted by Gasteiger charge is 2.46. The van der Waals surface area contributed by atoms with Gasteiger partial charge in [0.25, 0.3) is 11.7 Å². The second-order valence-corrected chi connectivity index (χ2v) is 6.99. The van der Waals surface area contributed by atoms with Crippen molar-refractivity contribution in [1.29, 1.82) is 0 Å². The van der Waals surface area contributed by atoms with E-state index in [1.807, 2.05) is 0 Å². The summed E-state index contributed by atoms with van der Waals surface area (Å²) in [6.07, 6.45) is 1.48. The molecule has 1 aromatic heterocycles. The van der Waals surface area contributed by atoms with E-state index in [4.69, 9.17) is 9.15 Å². The zero-order chi connectivity index (χ0) is 22.0. The van der Waals surface area contributed by atoms with E-state index in [9.17, 15) is 19.5 Å². The number of ketones is 1. The fourth-order valence-corrected chi connectivity index (χ4v) is 3.63. The van der Waals surface area contributed by atoms with Crippen LogP contribution in [-0.2, 0) is 20.9 Å². The van der Waals surface area contributed by atoms with Gasteiger partial charge in [-0.15, -0.1) is 0 Å². The Hall–Kier alpha value is -4.13. The van der Waals surface area contributed by atoms with E-state index in [0.717, 1.165) is 0 Å². The predicted molar refractivity (Wildman–Crippen MR) is 111 cm³/mol. The van der Waals surface area contributed by atoms with E-state index in [1.165, 1.54) is 18.3 Å². The summed E-state index contributed by atoms with van der Waals surface area (Å²) in [4.78, 5) is 39.0. The van der Waals surface area contributed by atoms with Gasteiger partial charge in [0.2, 0.25) is 0 Å². The summed E-state index contributed by atoms with van der Waals surface area (Å²) in [7, 11) is 1.29. The Morgan fingerprint density at radius 3 is 2.32 bits per heavy atom. The lowest BCUT2D eigenvalue weighted by Gasteiger charge is -2.24. The Balaban J connectivity index is 1.84. The van der Waals surface area contributed by atoms with Gasteiger partial charge in [0.1, 0.15) is 11.5 Å². The molecule has 1 N–H and O–H groups in total. The van der Waals surface area contributed by atoms with Crippen molar-refractivity contribution in [3.05, 3.63) is 101 Å². The maximum absolute atomic E-state index is 13.0. The minimum atomic E-state index is -0.850. The largest absolute Gasteiger partial charge is 0.507 e. The van der Waals surface area contributed by atoms with Crippen LogP contribution in [0.15, 0.2) is 83.0 Å². The molecule has 7 nitrogen and oxygen atoms in total. The molecule has 7 heteroatoms. The second kappa shape index (κ2) is 8.31. The van der Waals surface area contributed by atoms with Gasteiger partial charge in [0.15, 0.2) is 0 Å². The molecule has 1 aliphatic heterocycles. The molecule has 3 aromatic rings. The normalized spacial score (nSPS) is 17.7. The Morgan fingerprint density at radius 1 is 1.00 bits per heavy atom. The molecule has 0 saturated carbocycles. The van der Waals surface area contributed by atoms with Crippen LogP contribution in [0, 0.1) is 0 Å². The van der Waals surface area contributed by atoms with Crippen LogP contribution in [0.5, 0.6) is 0 Å². The zero-order valence-corrected chi connectivity index (χ0v) is 16.6. The Morgan fingerprint density at radius 2 is 1.71 bits per heavy atom. The molecule has 1 aliphatic rings. The van der Waals surface area contributed by atoms with Crippen LogP contribution in [0.3, 0.4) is 0 Å². The third-order valence-electron chi connectivity index (χ3n) is 5.14. The lowest BCUT2D eigenvalue weighted by Crippen LogP contribution is -2.29. The summed E-state index contributed by atoms with van der Waals surface area (Å²) in [5, 5.41) is 10.9. The van der Waals surface area contributed by atoms with E-state index in [1.54, 1.807) is 66.7 Å². The summed E-state index contributed by atoms with van der Waals surface area (Å²) >= 11 is 0. The molecule has 2 aromatic carbocycles. The maximum Gasteiger partial charge on any atom is 0.337 e. The van der Waals surface area contributed by atoms with Crippen molar-refractivity contribution < 1.29 is 28.6 Å². The van der Waals surface area contributed by atoms with Gasteiger partial charge in [-0.1, -0.05) is 42.5 Å². The molecule has 0 aliphatic carbocycles. The Bertz CT molecular complexity index is 1150. The third-order valence-corrected chi connectivity index (χ3v) is 5.14. The third kappa shape index (κ3) is 3.73. The number of rotatable bonds is 5. The molecular formula is C24H19NO6. The van der Waals surface area contributed by atoms with Gasteiger partial charge >= 0.3 is 5.97 Å². The van der Waals surface area contributed by atoms with E-state index >= 15 is 0 Å². The van der Waals surface area contributed by atoms with Crippen molar-refractivity contribution >= 4 is 23.4 Å². The van der Waals surface area contributed by atoms with E-state index < -0.39 is 23.7 Å². The molecular weight excluding hydrogens is 398 g/mol. The molecule has 1 amide bonds. The number of esters is 1. The summed E-state index contributed by atoms with van der Waals surface area (Å²) in [6, 6.07) is 17.5. The number of ether oxygens (including phenoxy) is 1. The maximum atomic E-state index is 13.0. The van der Waals surface area contributed by atoms with E-state index in [-0.39, 0.29) is 17.9 Å². The quantitative estimate of drug-likeness (QED) is 0.294. The zero-order valence-electron chi connectivity index (χ0n) is 16.6. The summed E-state index contributed by atoms with van der Waals surface area (Å²) in [5.41, 5.74) is 1.30. The first-order valence-corrected chi connectivity index (χ1v) is 9.55. The molecule has 4 rings (SSSR count). The molecule has 0 bridgehead atoms. The second-order valence-electron chi connectivity index (χ2n) is 6.99. The Labute approximate surface area is 178 Å². The van der Waals surface area contributed by atoms with Crippen molar-refractivity contribution in [2.45, 2.75) is 12.6 Å². The number of furan rings is 1. The highest BCUT2D eigenvalue weighted by molar-refractivity contribution is 6.46. The molecule has 0 spiro atoms. The van der Waals surface area contributed by atoms with Gasteiger partial charge in [-0.2, -0.15) is 0 Å². The lowest BCUT2D eigenvalue weighted by molar-refractivity contribution is -0.140. The average molecular weight is 417 g/mol. The molecule has 2 heterocycles. The van der Waals surface area contributed by atoms with Gasteiger partial charge in [0, 0.05) is 5.56 Å². The monoisotopic (exact) mass is 417 g/mol. The molecule has 1 unspecified atom stereocenters. The van der Waals surface area contributed by atoms with Crippen molar-refractivity contribution in [3.63, 3.8) is 0 Å². The molecule has 0 radical (unpaired) electrons. The summed E-state index contributed by atoms with van der Waals surface area (Å²) < 4.78 is 10.1. The first-order valence-electron chi connectivity index (χ1n) is 9.55. The van der Waals surface area contributed by atoms with Crippen LogP contribution in [-0.4, -0.2) is 34.8 Å². The fourth-order valence-electron chi connectivity index (χ4n) is 3.63. The van der Waals surface area contributed by atoms with Crippen LogP contribution >= 0.6 is 0 Å². The number of benzene rings is 2. The number of likely N-dealkylation sites (tertiary alicyclic amines) is 1. The number of methoxy groups -OCH3 is 1. The van der Waals surface area contributed by atoms with E-state index in [0.29, 0.717) is 22.5 Å². The SMILES string of the molecule is COC(=O)c1ccc(C2C(=C(O)c3ccccc3)C(=O)C(=O)N2Cc2ccco2)cc1. The fraction of sp³-hybridized carbons (Fsp3) is 0.125. The van der Waals surface area contributed by atoms with Crippen molar-refractivity contribution in [1.82, 2.24) is 4.90 Å². The Kier molecular flexibility index (Phi) is 5.41. The van der Waals surface area contributed by atoms with Crippen molar-refractivity contribution in [3.8, 4) is 0 Å². The molecule has 31 heavy (non-hydrogen) atoms. The number of nitrogens with zero attached hydrogens (tertiary/aromatic N) is 1. The van der Waals surface area contributed by atoms with Crippen LogP contribution in [0.2, 0.25) is 0 Å². The van der Waals surface area contributed by atoms with Gasteiger partial charge in [0.05, 0.1) is 37.1 Å². The van der Waals surface area contributed by atoms with Crippen molar-refractivity contribution in [2.75, 3.05) is 7.11 Å². The number of hydrogen-bond donors (Lipinski definition) is 1. The minimum Gasteiger partial charge on any atom is -0.507 e. The first kappa shape index (κ1) is 20.2. The number of aliphatic hydroxyl groups is 1. The highest BCUT2D eigenvalue weighted by atomic mass is 16.5. The van der Waals surface area contributed by atoms with Gasteiger partial charge in [-0.3, -0.25) is 9.59 Å². The summed E-state index contributed by atoms with van der Waals surface area (Å²) in [6.45, 7) is 0.0482. The highest BCUT2D eigenvalue weighted by Crippen LogP contribution is 2.40. The number of aliphatic hydroxyl groups excluding tert-OH is 1. The van der Waals surface area contributed by atoms with E-state index in [2.05, 4.69) is 0 Å². The topological polar surface area (TPSA) is 97.0 Å². The average Bonchev–Trinajstić information content (AvgIpc) is 3.41. The smallest absolute Gasteiger partial charge is 0.337 e. The van der Waals surface area contributed by atoms with Gasteiger partial charge < -0.3 is 19.2 Å². The van der Waals surface area contributed by atoms with Crippen LogP contribution in [0.1, 0.15) is 33.3 Å². The standard InChI is InChI=1S/C24H19NO6/c1-30-24(29)17-11-9-15(10-12-17)20-19(21(26)16-6-3-2-4-7-16)22(27)23(28)25(20)14-18-8-5-13-31-18/h2-13,20,26H,14H2,1H3. The van der Waals surface area contributed by atoms with Crippen LogP contribution in [0.4, 0.5) is 0 Å². The number of Topliss-reactive ketones (excluding diaryl/α,β-unsaturated/α-hetero) is 1. The number of carbonyl (C=O) groups excluding carboxylic acids is 3. The first-order chi connectivity index (χ1) is 15.0. The predicted octanol–water partition coefficient (Wildman–Crippen LogP) is 3.69. The van der Waals surface area contributed by atoms with Crippen LogP contribution in [0.25, 0.3) is 5.76 Å². The van der Waals surface area contributed by atoms with Crippen LogP contribution < -0.4 is 0 Å². The van der Waals surface area contributed by atoms with Gasteiger partial charge in [-0.05, 0) is 29.8 Å².